The van der Waals surface area contributed by atoms with Gasteiger partial charge in [-0.3, -0.25) is 0 Å². The van der Waals surface area contributed by atoms with E-state index in [-0.39, 0.29) is 4.75 Å². The van der Waals surface area contributed by atoms with Crippen molar-refractivity contribution in [2.24, 2.45) is 0 Å². The van der Waals surface area contributed by atoms with E-state index >= 15 is 0 Å². The maximum absolute atomic E-state index is 12.4. The fourth-order valence-electron chi connectivity index (χ4n) is 3.05. The predicted octanol–water partition coefficient (Wildman–Crippen LogP) is 1.92. The van der Waals surface area contributed by atoms with Crippen molar-refractivity contribution in [2.45, 2.75) is 23.3 Å². The number of nitrogens with zero attached hydrogens (tertiary/aromatic N) is 1. The van der Waals surface area contributed by atoms with E-state index in [0.29, 0.717) is 31.7 Å². The Balaban J connectivity index is 1.90. The highest BCUT2D eigenvalue weighted by Crippen LogP contribution is 2.48. The summed E-state index contributed by atoms with van der Waals surface area (Å²) < 4.78 is 12.1. The number of piperidine rings is 1. The number of carbonyl (C=O) groups is 1. The van der Waals surface area contributed by atoms with Crippen LogP contribution in [0.3, 0.4) is 0 Å². The molecule has 0 aromatic heterocycles. The highest BCUT2D eigenvalue weighted by Gasteiger charge is 2.52. The Kier molecular flexibility index (Phi) is 2.75. The average molecular weight is 265 g/mol. The number of hydrogen-bond donors (Lipinski definition) is 1. The maximum Gasteiger partial charge on any atom is 0.407 e. The summed E-state index contributed by atoms with van der Waals surface area (Å²) in [5.41, 5.74) is 2.34. The summed E-state index contributed by atoms with van der Waals surface area (Å²) in [6.45, 7) is 0.963. The van der Waals surface area contributed by atoms with Crippen LogP contribution in [0.2, 0.25) is 0 Å². The van der Waals surface area contributed by atoms with E-state index in [1.54, 1.807) is 0 Å². The molecular weight excluding hydrogens is 250 g/mol. The van der Waals surface area contributed by atoms with Gasteiger partial charge in [-0.1, -0.05) is 24.3 Å². The minimum atomic E-state index is -0.912. The molecule has 18 heavy (non-hydrogen) atoms. The molecule has 0 aliphatic carbocycles. The van der Waals surface area contributed by atoms with Crippen molar-refractivity contribution < 1.29 is 14.5 Å². The van der Waals surface area contributed by atoms with Crippen LogP contribution in [-0.2, 0) is 21.7 Å². The van der Waals surface area contributed by atoms with Crippen molar-refractivity contribution in [1.29, 1.82) is 0 Å². The number of benzene rings is 1. The third-order valence-electron chi connectivity index (χ3n) is 4.07. The Morgan fingerprint density at radius 1 is 1.33 bits per heavy atom. The van der Waals surface area contributed by atoms with Gasteiger partial charge in [0, 0.05) is 37.1 Å². The number of hydrogen-bond acceptors (Lipinski definition) is 2. The zero-order chi connectivity index (χ0) is 12.8. The van der Waals surface area contributed by atoms with Gasteiger partial charge in [-0.2, -0.15) is 0 Å². The van der Waals surface area contributed by atoms with Crippen molar-refractivity contribution in [3.05, 3.63) is 35.4 Å². The second-order valence-electron chi connectivity index (χ2n) is 4.91. The molecule has 0 saturated carbocycles. The van der Waals surface area contributed by atoms with Crippen LogP contribution in [-0.4, -0.2) is 33.7 Å². The zero-order valence-corrected chi connectivity index (χ0v) is 10.8. The molecule has 1 aromatic rings. The monoisotopic (exact) mass is 265 g/mol. The van der Waals surface area contributed by atoms with E-state index in [0.717, 1.165) is 0 Å². The van der Waals surface area contributed by atoms with E-state index in [1.807, 2.05) is 18.2 Å². The number of rotatable bonds is 0. The molecule has 2 aliphatic heterocycles. The van der Waals surface area contributed by atoms with Crippen LogP contribution in [0.1, 0.15) is 24.0 Å². The largest absolute Gasteiger partial charge is 0.615 e. The topological polar surface area (TPSA) is 63.6 Å². The molecule has 1 amide bonds. The van der Waals surface area contributed by atoms with E-state index in [1.165, 1.54) is 16.0 Å². The van der Waals surface area contributed by atoms with Crippen LogP contribution in [0.5, 0.6) is 0 Å². The second-order valence-corrected chi connectivity index (χ2v) is 6.67. The Morgan fingerprint density at radius 3 is 2.67 bits per heavy atom. The first kappa shape index (κ1) is 11.9. The molecule has 96 valence electrons. The summed E-state index contributed by atoms with van der Waals surface area (Å²) in [4.78, 5) is 12.4. The molecule has 4 nitrogen and oxygen atoms in total. The van der Waals surface area contributed by atoms with Crippen LogP contribution < -0.4 is 0 Å². The molecule has 0 bridgehead atoms. The molecule has 1 atom stereocenters. The first-order valence-electron chi connectivity index (χ1n) is 6.08. The fourth-order valence-corrected chi connectivity index (χ4v) is 4.94. The van der Waals surface area contributed by atoms with Gasteiger partial charge < -0.3 is 14.6 Å². The quantitative estimate of drug-likeness (QED) is 0.729. The first-order chi connectivity index (χ1) is 8.63. The third kappa shape index (κ3) is 1.61. The molecule has 1 N–H and O–H groups in total. The molecular formula is C13H15NO3S. The molecule has 1 spiro atoms. The van der Waals surface area contributed by atoms with Gasteiger partial charge in [0.25, 0.3) is 0 Å². The van der Waals surface area contributed by atoms with Gasteiger partial charge in [0.05, 0.1) is 0 Å². The minimum absolute atomic E-state index is 0.303. The lowest BCUT2D eigenvalue weighted by atomic mass is 9.86. The highest BCUT2D eigenvalue weighted by molar-refractivity contribution is 7.92. The van der Waals surface area contributed by atoms with Gasteiger partial charge in [-0.05, 0) is 11.2 Å². The molecule has 5 heteroatoms. The van der Waals surface area contributed by atoms with Crippen molar-refractivity contribution in [2.75, 3.05) is 13.1 Å². The first-order valence-corrected chi connectivity index (χ1v) is 7.40. The van der Waals surface area contributed by atoms with Crippen LogP contribution in [0, 0.1) is 0 Å². The molecule has 0 unspecified atom stereocenters. The van der Waals surface area contributed by atoms with Crippen LogP contribution in [0.4, 0.5) is 4.79 Å². The second kappa shape index (κ2) is 4.17. The van der Waals surface area contributed by atoms with Crippen molar-refractivity contribution >= 4 is 17.3 Å². The molecule has 2 aliphatic rings. The molecule has 3 rings (SSSR count). The predicted molar refractivity (Wildman–Crippen MR) is 68.8 cm³/mol. The zero-order valence-electron chi connectivity index (χ0n) is 9.96. The van der Waals surface area contributed by atoms with Gasteiger partial charge >= 0.3 is 6.09 Å². The van der Waals surface area contributed by atoms with Crippen LogP contribution in [0.15, 0.2) is 24.3 Å². The summed E-state index contributed by atoms with van der Waals surface area (Å²) in [6.07, 6.45) is 0.466. The normalized spacial score (nSPS) is 25.2. The van der Waals surface area contributed by atoms with Gasteiger partial charge in [-0.25, -0.2) is 4.79 Å². The molecule has 0 radical (unpaired) electrons. The number of amides is 1. The number of carboxylic acid groups (broad SMARTS) is 1. The highest BCUT2D eigenvalue weighted by atomic mass is 32.2. The standard InChI is InChI=1S/C13H15NO3S/c15-12(16)14-7-5-13(6-8-14)11-4-2-1-3-10(11)9-18(13)17/h1-4H,5-9H2,(H,15,16)/t18-/m0/s1. The Labute approximate surface area is 109 Å². The van der Waals surface area contributed by atoms with E-state index in [2.05, 4.69) is 6.07 Å². The van der Waals surface area contributed by atoms with Crippen LogP contribution >= 0.6 is 0 Å². The summed E-state index contributed by atoms with van der Waals surface area (Å²) in [7, 11) is 0. The fraction of sp³-hybridized carbons (Fsp3) is 0.462. The third-order valence-corrected chi connectivity index (χ3v) is 6.15. The van der Waals surface area contributed by atoms with Crippen molar-refractivity contribution in [3.63, 3.8) is 0 Å². The van der Waals surface area contributed by atoms with Gasteiger partial charge in [0.15, 0.2) is 4.75 Å². The maximum atomic E-state index is 12.4. The van der Waals surface area contributed by atoms with Gasteiger partial charge in [-0.15, -0.1) is 0 Å². The average Bonchev–Trinajstić information content (AvgIpc) is 2.64. The van der Waals surface area contributed by atoms with Crippen LogP contribution in [0.25, 0.3) is 0 Å². The number of fused-ring (bicyclic) bond motifs is 2. The lowest BCUT2D eigenvalue weighted by Crippen LogP contribution is -2.46. The van der Waals surface area contributed by atoms with Crippen molar-refractivity contribution in [3.8, 4) is 0 Å². The molecule has 1 fully saturated rings. The SMILES string of the molecule is O=C(O)N1CCC2(CC1)c1ccccc1C[S@+]2[O-]. The van der Waals surface area contributed by atoms with Gasteiger partial charge in [0.1, 0.15) is 5.75 Å². The lowest BCUT2D eigenvalue weighted by Gasteiger charge is -2.38. The van der Waals surface area contributed by atoms with E-state index in [4.69, 9.17) is 5.11 Å². The van der Waals surface area contributed by atoms with Crippen molar-refractivity contribution in [1.82, 2.24) is 4.90 Å². The summed E-state index contributed by atoms with van der Waals surface area (Å²) in [5.74, 6) is 0.614. The summed E-state index contributed by atoms with van der Waals surface area (Å²) >= 11 is -0.912. The Hall–Kier alpha value is -1.20. The summed E-state index contributed by atoms with van der Waals surface area (Å²) in [6, 6.07) is 8.04. The smallest absolute Gasteiger partial charge is 0.407 e. The summed E-state index contributed by atoms with van der Waals surface area (Å²) in [5, 5.41) is 8.98. The van der Waals surface area contributed by atoms with Gasteiger partial charge in [0.2, 0.25) is 0 Å². The number of likely N-dealkylation sites (tertiary alicyclic amines) is 1. The van der Waals surface area contributed by atoms with E-state index in [9.17, 15) is 9.35 Å². The molecule has 1 saturated heterocycles. The lowest BCUT2D eigenvalue weighted by molar-refractivity contribution is 0.128. The molecule has 2 heterocycles. The molecule has 1 aromatic carbocycles. The Bertz CT molecular complexity index is 483. The minimum Gasteiger partial charge on any atom is -0.615 e. The van der Waals surface area contributed by atoms with E-state index < -0.39 is 17.3 Å². The Morgan fingerprint density at radius 2 is 2.00 bits per heavy atom.